The van der Waals surface area contributed by atoms with Crippen LogP contribution in [0.3, 0.4) is 0 Å². The topological polar surface area (TPSA) is 92.3 Å². The molecule has 0 spiro atoms. The third kappa shape index (κ3) is 8.30. The molecule has 0 aromatic heterocycles. The fourth-order valence-electron chi connectivity index (χ4n) is 3.06. The van der Waals surface area contributed by atoms with Crippen molar-refractivity contribution in [1.29, 1.82) is 0 Å². The zero-order valence-electron chi connectivity index (χ0n) is 17.8. The average molecular weight is 459 g/mol. The van der Waals surface area contributed by atoms with E-state index in [-0.39, 0.29) is 0 Å². The Bertz CT molecular complexity index is 914. The van der Waals surface area contributed by atoms with Crippen LogP contribution in [0.2, 0.25) is 5.02 Å². The molecule has 0 saturated carbocycles. The molecular formula is C23H27ClN4O4. The lowest BCUT2D eigenvalue weighted by Gasteiger charge is -2.26. The number of carbonyl (C=O) groups is 2. The molecule has 0 atom stereocenters. The van der Waals surface area contributed by atoms with E-state index in [4.69, 9.17) is 21.1 Å². The number of halogens is 1. The maximum Gasteiger partial charge on any atom is 0.329 e. The van der Waals surface area contributed by atoms with Gasteiger partial charge in [0.15, 0.2) is 0 Å². The lowest BCUT2D eigenvalue weighted by molar-refractivity contribution is -0.139. The van der Waals surface area contributed by atoms with Crippen molar-refractivity contribution >= 4 is 29.6 Å². The maximum absolute atomic E-state index is 11.9. The minimum Gasteiger partial charge on any atom is -0.489 e. The Morgan fingerprint density at radius 3 is 2.69 bits per heavy atom. The van der Waals surface area contributed by atoms with Crippen LogP contribution in [0.1, 0.15) is 17.5 Å². The van der Waals surface area contributed by atoms with Gasteiger partial charge in [0.25, 0.3) is 0 Å². The molecule has 32 heavy (non-hydrogen) atoms. The van der Waals surface area contributed by atoms with Crippen LogP contribution >= 0.6 is 11.6 Å². The van der Waals surface area contributed by atoms with Crippen molar-refractivity contribution < 1.29 is 19.1 Å². The van der Waals surface area contributed by atoms with Gasteiger partial charge in [0, 0.05) is 24.7 Å². The van der Waals surface area contributed by atoms with Crippen molar-refractivity contribution in [2.45, 2.75) is 13.0 Å². The molecule has 2 aromatic carbocycles. The molecule has 1 aliphatic heterocycles. The normalized spacial score (nSPS) is 14.3. The lowest BCUT2D eigenvalue weighted by atomic mass is 10.2. The molecule has 0 radical (unpaired) electrons. The van der Waals surface area contributed by atoms with Gasteiger partial charge in [-0.1, -0.05) is 35.9 Å². The van der Waals surface area contributed by atoms with E-state index in [0.29, 0.717) is 23.9 Å². The quantitative estimate of drug-likeness (QED) is 0.260. The highest BCUT2D eigenvalue weighted by Crippen LogP contribution is 2.15. The van der Waals surface area contributed by atoms with Gasteiger partial charge in [0.1, 0.15) is 12.4 Å². The Labute approximate surface area is 192 Å². The average Bonchev–Trinajstić information content (AvgIpc) is 2.82. The number of amides is 2. The first-order valence-corrected chi connectivity index (χ1v) is 10.9. The third-order valence-electron chi connectivity index (χ3n) is 4.80. The molecule has 2 aromatic rings. The summed E-state index contributed by atoms with van der Waals surface area (Å²) >= 11 is 5.88. The molecular weight excluding hydrogens is 432 g/mol. The van der Waals surface area contributed by atoms with Crippen LogP contribution in [0.5, 0.6) is 5.75 Å². The summed E-state index contributed by atoms with van der Waals surface area (Å²) in [4.78, 5) is 26.0. The second-order valence-corrected chi connectivity index (χ2v) is 7.69. The Hall–Kier alpha value is -2.94. The Morgan fingerprint density at radius 1 is 1.12 bits per heavy atom. The molecule has 3 rings (SSSR count). The molecule has 1 saturated heterocycles. The van der Waals surface area contributed by atoms with Gasteiger partial charge in [0.2, 0.25) is 0 Å². The van der Waals surface area contributed by atoms with Gasteiger partial charge in [-0.15, -0.1) is 0 Å². The number of hydrazone groups is 1. The van der Waals surface area contributed by atoms with Crippen molar-refractivity contribution in [2.75, 3.05) is 39.4 Å². The van der Waals surface area contributed by atoms with Crippen LogP contribution in [-0.4, -0.2) is 62.3 Å². The molecule has 1 fully saturated rings. The molecule has 170 valence electrons. The monoisotopic (exact) mass is 458 g/mol. The van der Waals surface area contributed by atoms with E-state index in [0.717, 1.165) is 50.4 Å². The predicted octanol–water partition coefficient (Wildman–Crippen LogP) is 2.21. The first-order chi connectivity index (χ1) is 15.6. The highest BCUT2D eigenvalue weighted by molar-refractivity contribution is 6.35. The highest BCUT2D eigenvalue weighted by atomic mass is 35.5. The maximum atomic E-state index is 11.9. The SMILES string of the molecule is O=C(NCCCN1CCOCC1)C(=O)N/N=C\c1cccc(OCc2ccc(Cl)cc2)c1. The summed E-state index contributed by atoms with van der Waals surface area (Å²) < 4.78 is 11.1. The van der Waals surface area contributed by atoms with E-state index in [1.165, 1.54) is 6.21 Å². The van der Waals surface area contributed by atoms with Crippen molar-refractivity contribution in [3.8, 4) is 5.75 Å². The summed E-state index contributed by atoms with van der Waals surface area (Å²) in [6.45, 7) is 4.97. The lowest BCUT2D eigenvalue weighted by Crippen LogP contribution is -2.40. The van der Waals surface area contributed by atoms with E-state index in [1.54, 1.807) is 6.07 Å². The second kappa shape index (κ2) is 12.8. The van der Waals surface area contributed by atoms with E-state index in [2.05, 4.69) is 20.7 Å². The van der Waals surface area contributed by atoms with Crippen molar-refractivity contribution in [2.24, 2.45) is 5.10 Å². The van der Waals surface area contributed by atoms with Crippen molar-refractivity contribution in [3.63, 3.8) is 0 Å². The predicted molar refractivity (Wildman–Crippen MR) is 123 cm³/mol. The van der Waals surface area contributed by atoms with Gasteiger partial charge in [-0.05, 0) is 48.4 Å². The first kappa shape index (κ1) is 23.7. The van der Waals surface area contributed by atoms with Crippen LogP contribution in [-0.2, 0) is 20.9 Å². The third-order valence-corrected chi connectivity index (χ3v) is 5.06. The number of benzene rings is 2. The molecule has 9 heteroatoms. The van der Waals surface area contributed by atoms with Crippen molar-refractivity contribution in [1.82, 2.24) is 15.6 Å². The number of nitrogens with one attached hydrogen (secondary N) is 2. The number of carbonyl (C=O) groups excluding carboxylic acids is 2. The molecule has 2 amide bonds. The number of morpholine rings is 1. The van der Waals surface area contributed by atoms with Gasteiger partial charge >= 0.3 is 11.8 Å². The zero-order chi connectivity index (χ0) is 22.6. The Kier molecular flexibility index (Phi) is 9.49. The summed E-state index contributed by atoms with van der Waals surface area (Å²) in [7, 11) is 0. The van der Waals surface area contributed by atoms with Crippen LogP contribution < -0.4 is 15.5 Å². The van der Waals surface area contributed by atoms with E-state index in [9.17, 15) is 9.59 Å². The minimum atomic E-state index is -0.803. The minimum absolute atomic E-state index is 0.403. The van der Waals surface area contributed by atoms with Gasteiger partial charge in [-0.3, -0.25) is 14.5 Å². The number of nitrogens with zero attached hydrogens (tertiary/aromatic N) is 2. The smallest absolute Gasteiger partial charge is 0.329 e. The first-order valence-electron chi connectivity index (χ1n) is 10.5. The van der Waals surface area contributed by atoms with Gasteiger partial charge in [0.05, 0.1) is 19.4 Å². The fourth-order valence-corrected chi connectivity index (χ4v) is 3.18. The van der Waals surface area contributed by atoms with E-state index >= 15 is 0 Å². The molecule has 2 N–H and O–H groups in total. The molecule has 1 aliphatic rings. The largest absolute Gasteiger partial charge is 0.489 e. The Morgan fingerprint density at radius 2 is 1.91 bits per heavy atom. The summed E-state index contributed by atoms with van der Waals surface area (Å²) in [6, 6.07) is 14.7. The van der Waals surface area contributed by atoms with E-state index < -0.39 is 11.8 Å². The van der Waals surface area contributed by atoms with E-state index in [1.807, 2.05) is 42.5 Å². The fraction of sp³-hybridized carbons (Fsp3) is 0.348. The van der Waals surface area contributed by atoms with Crippen LogP contribution in [0, 0.1) is 0 Å². The van der Waals surface area contributed by atoms with Crippen molar-refractivity contribution in [3.05, 3.63) is 64.7 Å². The number of ether oxygens (including phenoxy) is 2. The zero-order valence-corrected chi connectivity index (χ0v) is 18.5. The highest BCUT2D eigenvalue weighted by Gasteiger charge is 2.13. The van der Waals surface area contributed by atoms with Crippen LogP contribution in [0.25, 0.3) is 0 Å². The number of rotatable bonds is 9. The summed E-state index contributed by atoms with van der Waals surface area (Å²) in [6.07, 6.45) is 2.23. The molecule has 0 aliphatic carbocycles. The van der Waals surface area contributed by atoms with Gasteiger partial charge in [-0.2, -0.15) is 5.10 Å². The van der Waals surface area contributed by atoms with Crippen LogP contribution in [0.4, 0.5) is 0 Å². The summed E-state index contributed by atoms with van der Waals surface area (Å²) in [5.74, 6) is -0.847. The van der Waals surface area contributed by atoms with Gasteiger partial charge in [-0.25, -0.2) is 5.43 Å². The Balaban J connectivity index is 1.36. The second-order valence-electron chi connectivity index (χ2n) is 7.25. The standard InChI is InChI=1S/C23H27ClN4O4/c24-20-7-5-18(6-8-20)17-32-21-4-1-3-19(15-21)16-26-27-23(30)22(29)25-9-2-10-28-11-13-31-14-12-28/h1,3-8,15-16H,2,9-14,17H2,(H,25,29)(H,27,30)/b26-16-. The molecule has 0 bridgehead atoms. The molecule has 0 unspecified atom stereocenters. The number of hydrogen-bond acceptors (Lipinski definition) is 6. The molecule has 8 nitrogen and oxygen atoms in total. The summed E-state index contributed by atoms with van der Waals surface area (Å²) in [5.41, 5.74) is 3.97. The van der Waals surface area contributed by atoms with Gasteiger partial charge < -0.3 is 14.8 Å². The summed E-state index contributed by atoms with van der Waals surface area (Å²) in [5, 5.41) is 7.14. The molecule has 1 heterocycles. The van der Waals surface area contributed by atoms with Crippen LogP contribution in [0.15, 0.2) is 53.6 Å². The number of hydrogen-bond donors (Lipinski definition) is 2.